The molecule has 1 N–H and O–H groups in total. The molecule has 4 nitrogen and oxygen atoms in total. The minimum absolute atomic E-state index is 0.101. The molecule has 4 heteroatoms. The molecule has 0 bridgehead atoms. The third kappa shape index (κ3) is 3.64. The lowest BCUT2D eigenvalue weighted by Crippen LogP contribution is -2.03. The highest BCUT2D eigenvalue weighted by Crippen LogP contribution is 2.35. The fraction of sp³-hybridized carbons (Fsp3) is 0.0741. The van der Waals surface area contributed by atoms with E-state index in [1.165, 1.54) is 10.8 Å². The van der Waals surface area contributed by atoms with Crippen LogP contribution in [-0.4, -0.2) is 13.0 Å². The van der Waals surface area contributed by atoms with Gasteiger partial charge in [-0.25, -0.2) is 0 Å². The molecule has 1 amide bonds. The molecule has 0 unspecified atom stereocenters. The summed E-state index contributed by atoms with van der Waals surface area (Å²) < 4.78 is 11.7. The SMILES string of the molecule is COc1cc(/C=C2\C(=O)Nc3ccccc32)ccc1OCc1cccc2ccccc12. The molecular formula is C27H21NO3. The summed E-state index contributed by atoms with van der Waals surface area (Å²) in [6.07, 6.45) is 1.87. The van der Waals surface area contributed by atoms with Gasteiger partial charge in [-0.3, -0.25) is 4.79 Å². The van der Waals surface area contributed by atoms with Gasteiger partial charge in [0.1, 0.15) is 6.61 Å². The smallest absolute Gasteiger partial charge is 0.256 e. The van der Waals surface area contributed by atoms with Gasteiger partial charge in [0, 0.05) is 16.8 Å². The first kappa shape index (κ1) is 18.9. The van der Waals surface area contributed by atoms with Crippen LogP contribution >= 0.6 is 0 Å². The molecule has 4 aromatic rings. The second kappa shape index (κ2) is 8.00. The Morgan fingerprint density at radius 2 is 1.68 bits per heavy atom. The molecule has 0 radical (unpaired) electrons. The number of benzene rings is 4. The Morgan fingerprint density at radius 1 is 0.871 bits per heavy atom. The maximum atomic E-state index is 12.4. The Hall–Kier alpha value is -4.05. The van der Waals surface area contributed by atoms with E-state index in [0.717, 1.165) is 22.4 Å². The summed E-state index contributed by atoms with van der Waals surface area (Å²) in [4.78, 5) is 12.4. The molecule has 0 atom stereocenters. The number of anilines is 1. The second-order valence-corrected chi connectivity index (χ2v) is 7.39. The predicted octanol–water partition coefficient (Wildman–Crippen LogP) is 5.92. The van der Waals surface area contributed by atoms with Crippen LogP contribution in [0.25, 0.3) is 22.4 Å². The zero-order chi connectivity index (χ0) is 21.2. The highest BCUT2D eigenvalue weighted by molar-refractivity contribution is 6.34. The fourth-order valence-corrected chi connectivity index (χ4v) is 3.92. The van der Waals surface area contributed by atoms with Crippen LogP contribution in [-0.2, 0) is 11.4 Å². The molecule has 1 heterocycles. The number of hydrogen-bond donors (Lipinski definition) is 1. The van der Waals surface area contributed by atoms with Gasteiger partial charge in [-0.1, -0.05) is 66.7 Å². The molecule has 1 aliphatic heterocycles. The largest absolute Gasteiger partial charge is 0.493 e. The minimum atomic E-state index is -0.101. The monoisotopic (exact) mass is 407 g/mol. The van der Waals surface area contributed by atoms with Crippen molar-refractivity contribution in [1.29, 1.82) is 0 Å². The van der Waals surface area contributed by atoms with Crippen LogP contribution in [0.2, 0.25) is 0 Å². The Balaban J connectivity index is 1.41. The van der Waals surface area contributed by atoms with Crippen molar-refractivity contribution in [3.05, 3.63) is 102 Å². The van der Waals surface area contributed by atoms with Crippen molar-refractivity contribution in [3.63, 3.8) is 0 Å². The average molecular weight is 407 g/mol. The van der Waals surface area contributed by atoms with Crippen LogP contribution in [0.5, 0.6) is 11.5 Å². The summed E-state index contributed by atoms with van der Waals surface area (Å²) in [5.41, 5.74) is 4.37. The van der Waals surface area contributed by atoms with Crippen molar-refractivity contribution < 1.29 is 14.3 Å². The van der Waals surface area contributed by atoms with Crippen molar-refractivity contribution in [2.45, 2.75) is 6.61 Å². The molecule has 0 saturated heterocycles. The van der Waals surface area contributed by atoms with E-state index in [1.54, 1.807) is 7.11 Å². The van der Waals surface area contributed by atoms with Crippen molar-refractivity contribution >= 4 is 34.0 Å². The van der Waals surface area contributed by atoms with E-state index >= 15 is 0 Å². The number of carbonyl (C=O) groups excluding carboxylic acids is 1. The number of nitrogens with one attached hydrogen (secondary N) is 1. The van der Waals surface area contributed by atoms with E-state index in [2.05, 4.69) is 29.6 Å². The first-order chi connectivity index (χ1) is 15.2. The number of para-hydroxylation sites is 1. The summed E-state index contributed by atoms with van der Waals surface area (Å²) in [6, 6.07) is 27.9. The minimum Gasteiger partial charge on any atom is -0.493 e. The average Bonchev–Trinajstić information content (AvgIpc) is 3.13. The lowest BCUT2D eigenvalue weighted by atomic mass is 10.0. The third-order valence-corrected chi connectivity index (χ3v) is 5.47. The number of hydrogen-bond acceptors (Lipinski definition) is 3. The van der Waals surface area contributed by atoms with Gasteiger partial charge in [0.15, 0.2) is 11.5 Å². The summed E-state index contributed by atoms with van der Waals surface area (Å²) in [7, 11) is 1.62. The van der Waals surface area contributed by atoms with Crippen molar-refractivity contribution in [3.8, 4) is 11.5 Å². The first-order valence-corrected chi connectivity index (χ1v) is 10.1. The van der Waals surface area contributed by atoms with E-state index in [-0.39, 0.29) is 5.91 Å². The second-order valence-electron chi connectivity index (χ2n) is 7.39. The molecule has 0 aliphatic carbocycles. The van der Waals surface area contributed by atoms with Gasteiger partial charge in [-0.2, -0.15) is 0 Å². The van der Waals surface area contributed by atoms with Gasteiger partial charge in [0.2, 0.25) is 0 Å². The predicted molar refractivity (Wildman–Crippen MR) is 124 cm³/mol. The summed E-state index contributed by atoms with van der Waals surface area (Å²) in [5, 5.41) is 5.26. The zero-order valence-corrected chi connectivity index (χ0v) is 17.1. The van der Waals surface area contributed by atoms with E-state index in [0.29, 0.717) is 23.7 Å². The molecule has 0 saturated carbocycles. The summed E-state index contributed by atoms with van der Waals surface area (Å²) in [5.74, 6) is 1.19. The number of carbonyl (C=O) groups is 1. The van der Waals surface area contributed by atoms with Gasteiger partial charge < -0.3 is 14.8 Å². The number of methoxy groups -OCH3 is 1. The third-order valence-electron chi connectivity index (χ3n) is 5.47. The zero-order valence-electron chi connectivity index (χ0n) is 17.1. The quantitative estimate of drug-likeness (QED) is 0.418. The first-order valence-electron chi connectivity index (χ1n) is 10.1. The molecule has 5 rings (SSSR count). The van der Waals surface area contributed by atoms with E-state index in [4.69, 9.17) is 9.47 Å². The highest BCUT2D eigenvalue weighted by Gasteiger charge is 2.23. The normalized spacial score (nSPS) is 13.8. The van der Waals surface area contributed by atoms with Crippen molar-refractivity contribution in [2.24, 2.45) is 0 Å². The van der Waals surface area contributed by atoms with Gasteiger partial charge in [-0.05, 0) is 46.2 Å². The van der Waals surface area contributed by atoms with Crippen LogP contribution in [0, 0.1) is 0 Å². The molecule has 4 aromatic carbocycles. The Morgan fingerprint density at radius 3 is 2.58 bits per heavy atom. The summed E-state index contributed by atoms with van der Waals surface area (Å²) in [6.45, 7) is 0.438. The van der Waals surface area contributed by atoms with Crippen LogP contribution in [0.15, 0.2) is 84.9 Å². The maximum Gasteiger partial charge on any atom is 0.256 e. The summed E-state index contributed by atoms with van der Waals surface area (Å²) >= 11 is 0. The molecule has 1 aliphatic rings. The van der Waals surface area contributed by atoms with Crippen LogP contribution in [0.3, 0.4) is 0 Å². The van der Waals surface area contributed by atoms with Gasteiger partial charge >= 0.3 is 0 Å². The number of ether oxygens (including phenoxy) is 2. The van der Waals surface area contributed by atoms with Crippen molar-refractivity contribution in [2.75, 3.05) is 12.4 Å². The lowest BCUT2D eigenvalue weighted by Gasteiger charge is -2.13. The van der Waals surface area contributed by atoms with E-state index in [1.807, 2.05) is 66.7 Å². The Labute approximate surface area is 180 Å². The Bertz CT molecular complexity index is 1320. The number of rotatable bonds is 5. The topological polar surface area (TPSA) is 47.6 Å². The van der Waals surface area contributed by atoms with Crippen LogP contribution in [0.1, 0.15) is 16.7 Å². The van der Waals surface area contributed by atoms with Gasteiger partial charge in [0.25, 0.3) is 5.91 Å². The maximum absolute atomic E-state index is 12.4. The van der Waals surface area contributed by atoms with Crippen LogP contribution < -0.4 is 14.8 Å². The lowest BCUT2D eigenvalue weighted by molar-refractivity contribution is -0.110. The van der Waals surface area contributed by atoms with Crippen LogP contribution in [0.4, 0.5) is 5.69 Å². The number of fused-ring (bicyclic) bond motifs is 2. The van der Waals surface area contributed by atoms with E-state index in [9.17, 15) is 4.79 Å². The molecule has 0 fully saturated rings. The Kier molecular flexibility index (Phi) is 4.89. The molecular weight excluding hydrogens is 386 g/mol. The fourth-order valence-electron chi connectivity index (χ4n) is 3.92. The highest BCUT2D eigenvalue weighted by atomic mass is 16.5. The van der Waals surface area contributed by atoms with Crippen molar-refractivity contribution in [1.82, 2.24) is 0 Å². The van der Waals surface area contributed by atoms with E-state index < -0.39 is 0 Å². The molecule has 0 aromatic heterocycles. The number of amides is 1. The standard InChI is InChI=1S/C27H21NO3/c1-30-26-16-18(15-23-22-11-4-5-12-24(22)28-27(23)29)13-14-25(26)31-17-20-9-6-8-19-7-2-3-10-21(19)20/h2-16H,17H2,1H3,(H,28,29)/b23-15-. The molecule has 31 heavy (non-hydrogen) atoms. The van der Waals surface area contributed by atoms with Gasteiger partial charge in [-0.15, -0.1) is 0 Å². The molecule has 152 valence electrons. The van der Waals surface area contributed by atoms with Gasteiger partial charge in [0.05, 0.1) is 7.11 Å². The molecule has 0 spiro atoms.